The highest BCUT2D eigenvalue weighted by atomic mass is 32.2. The van der Waals surface area contributed by atoms with E-state index in [9.17, 15) is 14.7 Å². The Morgan fingerprint density at radius 3 is 2.67 bits per heavy atom. The molecule has 3 aromatic rings. The number of hydrogen-bond donors (Lipinski definition) is 1. The molecule has 2 atom stereocenters. The van der Waals surface area contributed by atoms with Gasteiger partial charge in [-0.1, -0.05) is 11.8 Å². The molecule has 0 saturated carbocycles. The smallest absolute Gasteiger partial charge is 0.253 e. The molecule has 2 aromatic heterocycles. The average Bonchev–Trinajstić information content (AvgIpc) is 3.31. The number of benzene rings is 1. The summed E-state index contributed by atoms with van der Waals surface area (Å²) >= 11 is 2.85. The van der Waals surface area contributed by atoms with Gasteiger partial charge in [0, 0.05) is 41.9 Å². The van der Waals surface area contributed by atoms with Crippen molar-refractivity contribution in [2.24, 2.45) is 7.05 Å². The van der Waals surface area contributed by atoms with E-state index in [1.165, 1.54) is 33.1 Å². The number of carbonyl (C=O) groups excluding carboxylic acids is 2. The number of aryl methyl sites for hydroxylation is 1. The van der Waals surface area contributed by atoms with Crippen LogP contribution in [0.15, 0.2) is 65.2 Å². The molecule has 0 spiro atoms. The van der Waals surface area contributed by atoms with Gasteiger partial charge in [-0.15, -0.1) is 16.9 Å². The van der Waals surface area contributed by atoms with Gasteiger partial charge in [0.05, 0.1) is 18.8 Å². The first-order valence-electron chi connectivity index (χ1n) is 11.1. The fourth-order valence-corrected chi connectivity index (χ4v) is 6.39. The highest BCUT2D eigenvalue weighted by Gasteiger charge is 2.52. The number of amides is 1. The van der Waals surface area contributed by atoms with Crippen molar-refractivity contribution in [1.82, 2.24) is 25.1 Å². The first-order chi connectivity index (χ1) is 17.4. The van der Waals surface area contributed by atoms with Crippen LogP contribution in [0.25, 0.3) is 0 Å². The number of β-lactam (4-membered cyclic amide) rings is 1. The van der Waals surface area contributed by atoms with E-state index in [0.717, 1.165) is 17.0 Å². The van der Waals surface area contributed by atoms with E-state index >= 15 is 0 Å². The fraction of sp³-hybridized carbons (Fsp3) is 0.304. The zero-order chi connectivity index (χ0) is 25.2. The number of ether oxygens (including phenoxy) is 1. The Hall–Kier alpha value is -3.58. The number of thioether (sulfide) groups is 2. The molecule has 0 bridgehead atoms. The number of rotatable bonds is 9. The molecule has 1 amide bonds. The first kappa shape index (κ1) is 24.1. The van der Waals surface area contributed by atoms with Crippen molar-refractivity contribution < 1.29 is 24.0 Å². The molecule has 36 heavy (non-hydrogen) atoms. The Kier molecular flexibility index (Phi) is 6.83. The lowest BCUT2D eigenvalue weighted by Crippen LogP contribution is -2.68. The van der Waals surface area contributed by atoms with E-state index in [4.69, 9.17) is 4.74 Å². The number of nitrogens with zero attached hydrogens (tertiary/aromatic N) is 6. The van der Waals surface area contributed by atoms with Gasteiger partial charge in [-0.2, -0.15) is 0 Å². The predicted molar refractivity (Wildman–Crippen MR) is 131 cm³/mol. The van der Waals surface area contributed by atoms with Crippen molar-refractivity contribution in [1.29, 1.82) is 0 Å². The van der Waals surface area contributed by atoms with Gasteiger partial charge in [0.15, 0.2) is 18.9 Å². The molecule has 2 aliphatic rings. The van der Waals surface area contributed by atoms with Gasteiger partial charge < -0.3 is 20.0 Å². The molecule has 186 valence electrons. The van der Waals surface area contributed by atoms with Crippen LogP contribution in [-0.2, 0) is 23.2 Å². The molecular formula is C23H23N7O4S2. The molecule has 5 rings (SSSR count). The summed E-state index contributed by atoms with van der Waals surface area (Å²) in [5, 5.41) is 26.7. The summed E-state index contributed by atoms with van der Waals surface area (Å²) in [7, 11) is 3.35. The highest BCUT2D eigenvalue weighted by Crippen LogP contribution is 2.42. The van der Waals surface area contributed by atoms with Crippen molar-refractivity contribution >= 4 is 41.1 Å². The Morgan fingerprint density at radius 2 is 2.03 bits per heavy atom. The SMILES string of the molecule is COc1ccc(C[n+]2ccc(N[C@@H]3C(=O)N4C(C(=O)[O-])=C(CSc5nnnn5C)CS[C@H]34)cc2)cc1. The van der Waals surface area contributed by atoms with E-state index in [0.29, 0.717) is 28.8 Å². The summed E-state index contributed by atoms with van der Waals surface area (Å²) in [6.07, 6.45) is 3.87. The van der Waals surface area contributed by atoms with Crippen LogP contribution in [0.3, 0.4) is 0 Å². The van der Waals surface area contributed by atoms with Crippen LogP contribution in [0, 0.1) is 0 Å². The van der Waals surface area contributed by atoms with Crippen molar-refractivity contribution in [2.75, 3.05) is 23.9 Å². The monoisotopic (exact) mass is 525 g/mol. The second kappa shape index (κ2) is 10.2. The highest BCUT2D eigenvalue weighted by molar-refractivity contribution is 8.01. The topological polar surface area (TPSA) is 129 Å². The number of aliphatic carboxylic acids is 1. The zero-order valence-electron chi connectivity index (χ0n) is 19.5. The second-order valence-corrected chi connectivity index (χ2v) is 10.3. The number of anilines is 1. The van der Waals surface area contributed by atoms with Gasteiger partial charge in [-0.3, -0.25) is 9.69 Å². The van der Waals surface area contributed by atoms with E-state index in [2.05, 4.69) is 20.8 Å². The lowest BCUT2D eigenvalue weighted by molar-refractivity contribution is -0.688. The number of pyridine rings is 1. The van der Waals surface area contributed by atoms with E-state index in [-0.39, 0.29) is 17.0 Å². The minimum atomic E-state index is -1.35. The maximum Gasteiger partial charge on any atom is 0.253 e. The summed E-state index contributed by atoms with van der Waals surface area (Å²) in [4.78, 5) is 26.3. The third-order valence-electron chi connectivity index (χ3n) is 5.93. The minimum absolute atomic E-state index is 0.0465. The molecule has 1 fully saturated rings. The number of carboxylic acid groups (broad SMARTS) is 1. The van der Waals surface area contributed by atoms with Gasteiger partial charge in [0.2, 0.25) is 5.16 Å². The number of carbonyl (C=O) groups is 2. The summed E-state index contributed by atoms with van der Waals surface area (Å²) in [6, 6.07) is 11.2. The third kappa shape index (κ3) is 4.75. The number of nitrogens with one attached hydrogen (secondary N) is 1. The van der Waals surface area contributed by atoms with Crippen molar-refractivity contribution in [3.8, 4) is 5.75 Å². The maximum absolute atomic E-state index is 13.0. The zero-order valence-corrected chi connectivity index (χ0v) is 21.2. The molecule has 2 aliphatic heterocycles. The van der Waals surface area contributed by atoms with Crippen LogP contribution in [0.2, 0.25) is 0 Å². The summed E-state index contributed by atoms with van der Waals surface area (Å²) in [5.74, 6) is 0.00674. The van der Waals surface area contributed by atoms with E-state index in [1.54, 1.807) is 14.2 Å². The van der Waals surface area contributed by atoms with Crippen LogP contribution in [-0.4, -0.2) is 67.0 Å². The minimum Gasteiger partial charge on any atom is -0.543 e. The molecule has 4 heterocycles. The summed E-state index contributed by atoms with van der Waals surface area (Å²) < 4.78 is 8.74. The first-order valence-corrected chi connectivity index (χ1v) is 13.1. The Morgan fingerprint density at radius 1 is 1.28 bits per heavy atom. The average molecular weight is 526 g/mol. The normalized spacial score (nSPS) is 19.1. The molecule has 13 heteroatoms. The molecule has 1 saturated heterocycles. The van der Waals surface area contributed by atoms with Crippen molar-refractivity contribution in [3.63, 3.8) is 0 Å². The number of fused-ring (bicyclic) bond motifs is 1. The number of aromatic nitrogens is 5. The van der Waals surface area contributed by atoms with E-state index < -0.39 is 12.0 Å². The lowest BCUT2D eigenvalue weighted by Gasteiger charge is -2.51. The molecule has 0 aliphatic carbocycles. The van der Waals surface area contributed by atoms with Gasteiger partial charge in [-0.05, 0) is 40.3 Å². The standard InChI is InChI=1S/C23H23N7O4S2/c1-28-23(25-26-27-28)36-13-15-12-35-21-18(20(31)30(21)19(15)22(32)33)24-16-7-9-29(10-8-16)11-14-3-5-17(34-2)6-4-14/h3-10,18,21H,11-13H2,1-2H3,(H,32,33)/t18-,21-/m1/s1. The molecule has 0 radical (unpaired) electrons. The van der Waals surface area contributed by atoms with Gasteiger partial charge in [0.25, 0.3) is 5.91 Å². The number of methoxy groups -OCH3 is 1. The maximum atomic E-state index is 13.0. The van der Waals surface area contributed by atoms with Gasteiger partial charge in [0.1, 0.15) is 17.2 Å². The summed E-state index contributed by atoms with van der Waals surface area (Å²) in [5.41, 5.74) is 2.50. The third-order valence-corrected chi connectivity index (χ3v) is 8.37. The fourth-order valence-electron chi connectivity index (χ4n) is 4.06. The number of carboxylic acids is 1. The Bertz CT molecular complexity index is 1310. The van der Waals surface area contributed by atoms with E-state index in [1.807, 2.05) is 53.4 Å². The lowest BCUT2D eigenvalue weighted by atomic mass is 10.0. The van der Waals surface area contributed by atoms with Crippen LogP contribution in [0.1, 0.15) is 5.56 Å². The van der Waals surface area contributed by atoms with Crippen molar-refractivity contribution in [3.05, 3.63) is 65.6 Å². The predicted octanol–water partition coefficient (Wildman–Crippen LogP) is 0.0464. The van der Waals surface area contributed by atoms with Gasteiger partial charge in [-0.25, -0.2) is 9.25 Å². The van der Waals surface area contributed by atoms with Crippen LogP contribution in [0.4, 0.5) is 5.69 Å². The molecule has 1 N–H and O–H groups in total. The second-order valence-electron chi connectivity index (χ2n) is 8.25. The van der Waals surface area contributed by atoms with Crippen LogP contribution in [0.5, 0.6) is 5.75 Å². The van der Waals surface area contributed by atoms with Crippen LogP contribution >= 0.6 is 23.5 Å². The van der Waals surface area contributed by atoms with Crippen LogP contribution < -0.4 is 19.7 Å². The molecule has 11 nitrogen and oxygen atoms in total. The molecular weight excluding hydrogens is 502 g/mol. The summed E-state index contributed by atoms with van der Waals surface area (Å²) in [6.45, 7) is 0.698. The Balaban J connectivity index is 1.23. The quantitative estimate of drug-likeness (QED) is 0.232. The van der Waals surface area contributed by atoms with Gasteiger partial charge >= 0.3 is 0 Å². The molecule has 1 aromatic carbocycles. The Labute approximate surface area is 215 Å². The number of tetrazole rings is 1. The van der Waals surface area contributed by atoms with Crippen molar-refractivity contribution in [2.45, 2.75) is 23.1 Å². The number of hydrogen-bond acceptors (Lipinski definition) is 10. The largest absolute Gasteiger partial charge is 0.543 e. The molecule has 0 unspecified atom stereocenters.